The van der Waals surface area contributed by atoms with E-state index >= 15 is 0 Å². The topological polar surface area (TPSA) is 41.5 Å². The monoisotopic (exact) mass is 173 g/mol. The first kappa shape index (κ1) is 9.96. The van der Waals surface area contributed by atoms with Crippen LogP contribution in [0.15, 0.2) is 0 Å². The molecule has 0 aromatic heterocycles. The lowest BCUT2D eigenvalue weighted by atomic mass is 10.0. The van der Waals surface area contributed by atoms with Gasteiger partial charge in [-0.1, -0.05) is 0 Å². The Morgan fingerprint density at radius 3 is 2.50 bits per heavy atom. The molecule has 0 unspecified atom stereocenters. The maximum absolute atomic E-state index is 9.31. The second kappa shape index (κ2) is 3.73. The zero-order chi connectivity index (χ0) is 9.19. The van der Waals surface area contributed by atoms with Crippen LogP contribution in [0.5, 0.6) is 0 Å². The van der Waals surface area contributed by atoms with Crippen LogP contribution in [0.2, 0.25) is 0 Å². The largest absolute Gasteiger partial charge is 0.391 e. The molecule has 0 aliphatic carbocycles. The Bertz CT molecular complexity index is 142. The highest BCUT2D eigenvalue weighted by atomic mass is 16.5. The summed E-state index contributed by atoms with van der Waals surface area (Å²) < 4.78 is 5.23. The fraction of sp³-hybridized carbons (Fsp3) is 1.00. The molecule has 1 aliphatic rings. The van der Waals surface area contributed by atoms with E-state index in [0.29, 0.717) is 19.3 Å². The van der Waals surface area contributed by atoms with Crippen LogP contribution in [0, 0.1) is 0 Å². The van der Waals surface area contributed by atoms with Gasteiger partial charge in [0, 0.05) is 11.6 Å². The van der Waals surface area contributed by atoms with Gasteiger partial charge in [0.15, 0.2) is 0 Å². The van der Waals surface area contributed by atoms with Crippen LogP contribution in [-0.4, -0.2) is 36.0 Å². The van der Waals surface area contributed by atoms with E-state index in [1.165, 1.54) is 0 Å². The van der Waals surface area contributed by atoms with Crippen molar-refractivity contribution in [3.63, 3.8) is 0 Å². The zero-order valence-corrected chi connectivity index (χ0v) is 8.13. The summed E-state index contributed by atoms with van der Waals surface area (Å²) in [5, 5.41) is 12.7. The van der Waals surface area contributed by atoms with Gasteiger partial charge in [-0.3, -0.25) is 0 Å². The molecule has 2 N–H and O–H groups in total. The molecular weight excluding hydrogens is 154 g/mol. The predicted octanol–water partition coefficient (Wildman–Crippen LogP) is 0.524. The van der Waals surface area contributed by atoms with Gasteiger partial charge in [0.05, 0.1) is 19.3 Å². The van der Waals surface area contributed by atoms with Crippen LogP contribution < -0.4 is 5.32 Å². The SMILES string of the molecule is CC(C)(C)N[C@@H]1COC[C@@H](O)C1. The van der Waals surface area contributed by atoms with Gasteiger partial charge in [-0.25, -0.2) is 0 Å². The molecule has 1 rings (SSSR count). The number of aliphatic hydroxyl groups excluding tert-OH is 1. The number of ether oxygens (including phenoxy) is 1. The molecule has 3 nitrogen and oxygen atoms in total. The molecule has 0 amide bonds. The van der Waals surface area contributed by atoms with Gasteiger partial charge in [-0.2, -0.15) is 0 Å². The van der Waals surface area contributed by atoms with Crippen molar-refractivity contribution in [2.24, 2.45) is 0 Å². The molecular formula is C9H19NO2. The first-order valence-electron chi connectivity index (χ1n) is 4.51. The van der Waals surface area contributed by atoms with Gasteiger partial charge in [-0.15, -0.1) is 0 Å². The van der Waals surface area contributed by atoms with Crippen LogP contribution in [-0.2, 0) is 4.74 Å². The van der Waals surface area contributed by atoms with E-state index in [0.717, 1.165) is 6.42 Å². The Labute approximate surface area is 74.1 Å². The van der Waals surface area contributed by atoms with E-state index in [2.05, 4.69) is 26.1 Å². The van der Waals surface area contributed by atoms with Crippen molar-refractivity contribution in [2.75, 3.05) is 13.2 Å². The van der Waals surface area contributed by atoms with Crippen molar-refractivity contribution in [2.45, 2.75) is 44.9 Å². The Morgan fingerprint density at radius 2 is 2.00 bits per heavy atom. The van der Waals surface area contributed by atoms with Gasteiger partial charge in [-0.05, 0) is 27.2 Å². The fourth-order valence-corrected chi connectivity index (χ4v) is 1.52. The van der Waals surface area contributed by atoms with E-state index < -0.39 is 0 Å². The maximum atomic E-state index is 9.31. The standard InChI is InChI=1S/C9H19NO2/c1-9(2,3)10-7-4-8(11)6-12-5-7/h7-8,10-11H,4-6H2,1-3H3/t7-,8-/m0/s1. The predicted molar refractivity (Wildman–Crippen MR) is 48.1 cm³/mol. The normalized spacial score (nSPS) is 32.0. The molecule has 0 radical (unpaired) electrons. The first-order valence-corrected chi connectivity index (χ1v) is 4.51. The molecule has 2 atom stereocenters. The van der Waals surface area contributed by atoms with Crippen LogP contribution in [0.1, 0.15) is 27.2 Å². The molecule has 1 fully saturated rings. The third-order valence-corrected chi connectivity index (χ3v) is 1.82. The van der Waals surface area contributed by atoms with Gasteiger partial charge >= 0.3 is 0 Å². The highest BCUT2D eigenvalue weighted by molar-refractivity contribution is 4.82. The van der Waals surface area contributed by atoms with E-state index in [-0.39, 0.29) is 11.6 Å². The minimum absolute atomic E-state index is 0.102. The highest BCUT2D eigenvalue weighted by Gasteiger charge is 2.23. The molecule has 12 heavy (non-hydrogen) atoms. The molecule has 0 aromatic carbocycles. The van der Waals surface area contributed by atoms with Gasteiger partial charge in [0.25, 0.3) is 0 Å². The summed E-state index contributed by atoms with van der Waals surface area (Å²) >= 11 is 0. The van der Waals surface area contributed by atoms with Crippen LogP contribution in [0.4, 0.5) is 0 Å². The summed E-state index contributed by atoms with van der Waals surface area (Å²) in [4.78, 5) is 0. The number of rotatable bonds is 1. The quantitative estimate of drug-likeness (QED) is 0.607. The molecule has 0 aromatic rings. The van der Waals surface area contributed by atoms with E-state index in [4.69, 9.17) is 4.74 Å². The Hall–Kier alpha value is -0.120. The summed E-state index contributed by atoms with van der Waals surface area (Å²) in [7, 11) is 0. The van der Waals surface area contributed by atoms with Crippen molar-refractivity contribution in [1.82, 2.24) is 5.32 Å². The summed E-state index contributed by atoms with van der Waals surface area (Å²) in [5.74, 6) is 0. The Balaban J connectivity index is 2.32. The van der Waals surface area contributed by atoms with Crippen molar-refractivity contribution in [3.05, 3.63) is 0 Å². The Kier molecular flexibility index (Phi) is 3.09. The second-order valence-corrected chi connectivity index (χ2v) is 4.52. The molecule has 1 aliphatic heterocycles. The molecule has 0 bridgehead atoms. The third kappa shape index (κ3) is 3.52. The summed E-state index contributed by atoms with van der Waals surface area (Å²) in [6.45, 7) is 7.56. The van der Waals surface area contributed by atoms with Crippen LogP contribution >= 0.6 is 0 Å². The summed E-state index contributed by atoms with van der Waals surface area (Å²) in [5.41, 5.74) is 0.102. The summed E-state index contributed by atoms with van der Waals surface area (Å²) in [6.07, 6.45) is 0.510. The molecule has 72 valence electrons. The van der Waals surface area contributed by atoms with Crippen molar-refractivity contribution in [3.8, 4) is 0 Å². The molecule has 1 saturated heterocycles. The lowest BCUT2D eigenvalue weighted by Crippen LogP contribution is -2.50. The average Bonchev–Trinajstić information content (AvgIpc) is 1.82. The lowest BCUT2D eigenvalue weighted by Gasteiger charge is -2.32. The van der Waals surface area contributed by atoms with Crippen molar-refractivity contribution >= 4 is 0 Å². The average molecular weight is 173 g/mol. The maximum Gasteiger partial charge on any atom is 0.0789 e. The van der Waals surface area contributed by atoms with Crippen LogP contribution in [0.25, 0.3) is 0 Å². The highest BCUT2D eigenvalue weighted by Crippen LogP contribution is 2.11. The minimum Gasteiger partial charge on any atom is -0.391 e. The smallest absolute Gasteiger partial charge is 0.0789 e. The van der Waals surface area contributed by atoms with Crippen molar-refractivity contribution < 1.29 is 9.84 Å². The minimum atomic E-state index is -0.293. The molecule has 1 heterocycles. The number of hydrogen-bond donors (Lipinski definition) is 2. The lowest BCUT2D eigenvalue weighted by molar-refractivity contribution is -0.0274. The van der Waals surface area contributed by atoms with Crippen LogP contribution in [0.3, 0.4) is 0 Å². The number of nitrogens with one attached hydrogen (secondary N) is 1. The first-order chi connectivity index (χ1) is 5.47. The second-order valence-electron chi connectivity index (χ2n) is 4.52. The zero-order valence-electron chi connectivity index (χ0n) is 8.13. The van der Waals surface area contributed by atoms with E-state index in [1.807, 2.05) is 0 Å². The Morgan fingerprint density at radius 1 is 1.33 bits per heavy atom. The number of hydrogen-bond acceptors (Lipinski definition) is 3. The molecule has 0 spiro atoms. The van der Waals surface area contributed by atoms with Crippen molar-refractivity contribution in [1.29, 1.82) is 0 Å². The van der Waals surface area contributed by atoms with E-state index in [1.54, 1.807) is 0 Å². The van der Waals surface area contributed by atoms with Gasteiger partial charge < -0.3 is 15.2 Å². The number of aliphatic hydroxyl groups is 1. The molecule has 3 heteroatoms. The van der Waals surface area contributed by atoms with E-state index in [9.17, 15) is 5.11 Å². The van der Waals surface area contributed by atoms with Gasteiger partial charge in [0.1, 0.15) is 0 Å². The van der Waals surface area contributed by atoms with Gasteiger partial charge in [0.2, 0.25) is 0 Å². The third-order valence-electron chi connectivity index (χ3n) is 1.82. The molecule has 0 saturated carbocycles. The fourth-order valence-electron chi connectivity index (χ4n) is 1.52. The summed E-state index contributed by atoms with van der Waals surface area (Å²) in [6, 6.07) is 0.300.